The number of amides is 1. The first-order chi connectivity index (χ1) is 22.3. The summed E-state index contributed by atoms with van der Waals surface area (Å²) in [6.07, 6.45) is 23.4. The van der Waals surface area contributed by atoms with Crippen LogP contribution < -0.4 is 0 Å². The van der Waals surface area contributed by atoms with Crippen LogP contribution in [0.1, 0.15) is 166 Å². The van der Waals surface area contributed by atoms with Crippen LogP contribution in [0.3, 0.4) is 0 Å². The monoisotopic (exact) mass is 640 g/mol. The van der Waals surface area contributed by atoms with Crippen molar-refractivity contribution in [3.8, 4) is 5.75 Å². The minimum absolute atomic E-state index is 0.118. The molecule has 6 unspecified atom stereocenters. The number of unbranched alkanes of at least 4 members (excludes halogenated alkanes) is 8. The Morgan fingerprint density at radius 2 is 1.61 bits per heavy atom. The van der Waals surface area contributed by atoms with Crippen LogP contribution in [-0.4, -0.2) is 46.4 Å². The van der Waals surface area contributed by atoms with Crippen LogP contribution >= 0.6 is 0 Å². The summed E-state index contributed by atoms with van der Waals surface area (Å²) in [4.78, 5) is 15.6. The first-order valence-electron chi connectivity index (χ1n) is 19.7. The third-order valence-electron chi connectivity index (χ3n) is 13.2. The van der Waals surface area contributed by atoms with Crippen molar-refractivity contribution in [1.82, 2.24) is 4.90 Å². The Kier molecular flexibility index (Phi) is 13.3. The van der Waals surface area contributed by atoms with Gasteiger partial charge in [-0.05, 0) is 104 Å². The van der Waals surface area contributed by atoms with Crippen molar-refractivity contribution in [2.24, 2.45) is 29.1 Å². The second-order valence-corrected chi connectivity index (χ2v) is 16.3. The molecule has 0 aromatic heterocycles. The molecule has 0 aliphatic heterocycles. The minimum atomic E-state index is -0.946. The number of carbonyl (C=O) groups excluding carboxylic acids is 1. The molecular weight excluding hydrogens is 573 g/mol. The molecule has 7 atom stereocenters. The molecule has 0 heterocycles. The molecule has 0 saturated heterocycles. The molecule has 4 nitrogen and oxygen atoms in total. The number of aliphatic hydroxyl groups is 1. The largest absolute Gasteiger partial charge is 0.508 e. The van der Waals surface area contributed by atoms with E-state index < -0.39 is 12.3 Å². The van der Waals surface area contributed by atoms with Gasteiger partial charge in [-0.1, -0.05) is 103 Å². The van der Waals surface area contributed by atoms with E-state index in [1.165, 1.54) is 64.2 Å². The van der Waals surface area contributed by atoms with E-state index >= 15 is 4.39 Å². The van der Waals surface area contributed by atoms with Crippen molar-refractivity contribution in [2.45, 2.75) is 173 Å². The van der Waals surface area contributed by atoms with Crippen LogP contribution in [0.25, 0.3) is 0 Å². The number of carbonyl (C=O) groups is 1. The molecule has 3 saturated carbocycles. The molecule has 260 valence electrons. The fraction of sp³-hybridized carbons (Fsp3) is 0.829. The van der Waals surface area contributed by atoms with Gasteiger partial charge in [0.2, 0.25) is 5.91 Å². The molecule has 4 aliphatic carbocycles. The molecule has 1 aromatic rings. The van der Waals surface area contributed by atoms with Gasteiger partial charge in [-0.3, -0.25) is 4.79 Å². The van der Waals surface area contributed by atoms with Crippen LogP contribution in [-0.2, 0) is 11.2 Å². The van der Waals surface area contributed by atoms with Crippen LogP contribution in [0.15, 0.2) is 18.2 Å². The Hall–Kier alpha value is -1.62. The smallest absolute Gasteiger partial charge is 0.222 e. The number of alkyl halides is 1. The van der Waals surface area contributed by atoms with Crippen molar-refractivity contribution < 1.29 is 19.4 Å². The predicted molar refractivity (Wildman–Crippen MR) is 187 cm³/mol. The number of fused-ring (bicyclic) bond motifs is 5. The van der Waals surface area contributed by atoms with Gasteiger partial charge in [0.1, 0.15) is 11.9 Å². The Balaban J connectivity index is 1.13. The van der Waals surface area contributed by atoms with E-state index in [1.807, 2.05) is 12.1 Å². The summed E-state index contributed by atoms with van der Waals surface area (Å²) >= 11 is 0. The summed E-state index contributed by atoms with van der Waals surface area (Å²) in [7, 11) is 0. The number of halogens is 1. The van der Waals surface area contributed by atoms with E-state index in [9.17, 15) is 15.0 Å². The zero-order valence-corrected chi connectivity index (χ0v) is 29.4. The maximum absolute atomic E-state index is 16.1. The SMILES string of the molecule is CCCCCCCCN(CCCCCCC1Cc2cc(O)ccc2C2C(F)C[C@]3(C)C(O)CCC3C12)C(=O)CCC1CCCCC1. The van der Waals surface area contributed by atoms with Gasteiger partial charge in [-0.15, -0.1) is 0 Å². The number of aliphatic hydroxyl groups excluding tert-OH is 1. The lowest BCUT2D eigenvalue weighted by Gasteiger charge is -2.54. The van der Waals surface area contributed by atoms with Crippen molar-refractivity contribution >= 4 is 5.91 Å². The molecule has 0 spiro atoms. The van der Waals surface area contributed by atoms with E-state index in [1.54, 1.807) is 6.07 Å². The van der Waals surface area contributed by atoms with Crippen LogP contribution in [0.5, 0.6) is 5.75 Å². The fourth-order valence-corrected chi connectivity index (χ4v) is 10.5. The predicted octanol–water partition coefficient (Wildman–Crippen LogP) is 10.3. The number of aromatic hydroxyl groups is 1. The quantitative estimate of drug-likeness (QED) is 0.167. The van der Waals surface area contributed by atoms with Crippen molar-refractivity contribution in [3.63, 3.8) is 0 Å². The molecule has 1 aromatic carbocycles. The third kappa shape index (κ3) is 8.69. The highest BCUT2D eigenvalue weighted by Gasteiger charge is 2.59. The number of nitrogens with zero attached hydrogens (tertiary/aromatic N) is 1. The highest BCUT2D eigenvalue weighted by Crippen LogP contribution is 2.63. The van der Waals surface area contributed by atoms with Gasteiger partial charge in [0.05, 0.1) is 6.10 Å². The molecule has 3 fully saturated rings. The van der Waals surface area contributed by atoms with Gasteiger partial charge >= 0.3 is 0 Å². The highest BCUT2D eigenvalue weighted by atomic mass is 19.1. The number of hydrogen-bond acceptors (Lipinski definition) is 3. The van der Waals surface area contributed by atoms with Crippen LogP contribution in [0, 0.1) is 29.1 Å². The number of phenolic OH excluding ortho intramolecular Hbond substituents is 1. The first kappa shape index (κ1) is 35.7. The molecular formula is C41H66FNO3. The van der Waals surface area contributed by atoms with Gasteiger partial charge in [-0.2, -0.15) is 0 Å². The summed E-state index contributed by atoms with van der Waals surface area (Å²) in [5, 5.41) is 21.2. The lowest BCUT2D eigenvalue weighted by molar-refractivity contribution is -0.131. The average molecular weight is 640 g/mol. The molecule has 5 heteroatoms. The van der Waals surface area contributed by atoms with Gasteiger partial charge in [0.15, 0.2) is 0 Å². The maximum Gasteiger partial charge on any atom is 0.222 e. The van der Waals surface area contributed by atoms with Crippen molar-refractivity contribution in [3.05, 3.63) is 29.3 Å². The summed E-state index contributed by atoms with van der Waals surface area (Å²) in [5.74, 6) is 2.31. The number of rotatable bonds is 17. The molecule has 2 N–H and O–H groups in total. The van der Waals surface area contributed by atoms with Crippen molar-refractivity contribution in [1.29, 1.82) is 0 Å². The molecule has 5 rings (SSSR count). The molecule has 1 amide bonds. The van der Waals surface area contributed by atoms with Gasteiger partial charge in [-0.25, -0.2) is 4.39 Å². The van der Waals surface area contributed by atoms with E-state index in [0.717, 1.165) is 101 Å². The Labute approximate surface area is 280 Å². The van der Waals surface area contributed by atoms with Crippen LogP contribution in [0.2, 0.25) is 0 Å². The topological polar surface area (TPSA) is 60.8 Å². The summed E-state index contributed by atoms with van der Waals surface area (Å²) in [6, 6.07) is 5.59. The second kappa shape index (κ2) is 17.2. The number of benzene rings is 1. The highest BCUT2D eigenvalue weighted by molar-refractivity contribution is 5.76. The Morgan fingerprint density at radius 3 is 2.35 bits per heavy atom. The maximum atomic E-state index is 16.1. The van der Waals surface area contributed by atoms with Crippen molar-refractivity contribution in [2.75, 3.05) is 13.1 Å². The van der Waals surface area contributed by atoms with Crippen LogP contribution in [0.4, 0.5) is 4.39 Å². The van der Waals surface area contributed by atoms with Gasteiger partial charge < -0.3 is 15.1 Å². The lowest BCUT2D eigenvalue weighted by Crippen LogP contribution is -2.51. The molecule has 46 heavy (non-hydrogen) atoms. The first-order valence-corrected chi connectivity index (χ1v) is 19.7. The standard InChI is InChI=1S/C41H66FNO3/c1-3-4-5-6-8-14-25-43(38(46)24-19-30-16-11-10-12-17-30)26-15-9-7-13-18-31-27-32-28-33(44)20-21-34(32)40-36(42)29-41(2)35(39(31)40)22-23-37(41)45/h20-21,28,30-31,35-37,39-40,44-45H,3-19,22-27,29H2,1-2H3/t31?,35?,36?,37?,39?,40?,41-/m0/s1. The molecule has 0 radical (unpaired) electrons. The minimum Gasteiger partial charge on any atom is -0.508 e. The van der Waals surface area contributed by atoms with Gasteiger partial charge in [0, 0.05) is 25.4 Å². The Bertz CT molecular complexity index is 1090. The normalized spacial score (nSPS) is 30.9. The zero-order chi connectivity index (χ0) is 32.5. The van der Waals surface area contributed by atoms with E-state index in [2.05, 4.69) is 18.7 Å². The van der Waals surface area contributed by atoms with E-state index in [0.29, 0.717) is 24.2 Å². The fourth-order valence-electron chi connectivity index (χ4n) is 10.5. The summed E-state index contributed by atoms with van der Waals surface area (Å²) in [5.41, 5.74) is 1.91. The summed E-state index contributed by atoms with van der Waals surface area (Å²) < 4.78 is 16.1. The molecule has 4 aliphatic rings. The zero-order valence-electron chi connectivity index (χ0n) is 29.4. The molecule has 0 bridgehead atoms. The van der Waals surface area contributed by atoms with Gasteiger partial charge in [0.25, 0.3) is 0 Å². The number of phenols is 1. The number of hydrogen-bond donors (Lipinski definition) is 2. The average Bonchev–Trinajstić information content (AvgIpc) is 3.35. The third-order valence-corrected chi connectivity index (χ3v) is 13.2. The second-order valence-electron chi connectivity index (χ2n) is 16.3. The van der Waals surface area contributed by atoms with E-state index in [4.69, 9.17) is 0 Å². The van der Waals surface area contributed by atoms with E-state index in [-0.39, 0.29) is 23.0 Å². The summed E-state index contributed by atoms with van der Waals surface area (Å²) in [6.45, 7) is 6.22. The lowest BCUT2D eigenvalue weighted by atomic mass is 9.51. The Morgan fingerprint density at radius 1 is 0.913 bits per heavy atom.